The number of rotatable bonds is 2. The summed E-state index contributed by atoms with van der Waals surface area (Å²) in [6.07, 6.45) is 3.57. The molecular weight excluding hydrogens is 184 g/mol. The van der Waals surface area contributed by atoms with Crippen LogP contribution in [0.5, 0.6) is 0 Å². The van der Waals surface area contributed by atoms with Gasteiger partial charge in [0.15, 0.2) is 11.8 Å². The smallest absolute Gasteiger partial charge is 0.260 e. The Bertz CT molecular complexity index is 396. The van der Waals surface area contributed by atoms with Gasteiger partial charge in [-0.05, 0) is 12.1 Å². The maximum atomic E-state index is 11.5. The van der Waals surface area contributed by atoms with Crippen molar-refractivity contribution in [2.75, 3.05) is 0 Å². The average Bonchev–Trinajstić information content (AvgIpc) is 2.73. The van der Waals surface area contributed by atoms with Gasteiger partial charge in [0.2, 0.25) is 5.91 Å². The molecule has 5 nitrogen and oxygen atoms in total. The van der Waals surface area contributed by atoms with Gasteiger partial charge < -0.3 is 9.36 Å². The quantitative estimate of drug-likeness (QED) is 0.387. The van der Waals surface area contributed by atoms with Crippen LogP contribution in [0.15, 0.2) is 24.5 Å². The molecule has 0 unspecified atom stereocenters. The molecule has 72 valence electrons. The second kappa shape index (κ2) is 2.80. The van der Waals surface area contributed by atoms with Crippen LogP contribution >= 0.6 is 0 Å². The van der Waals surface area contributed by atoms with Crippen molar-refractivity contribution in [3.8, 4) is 0 Å². The van der Waals surface area contributed by atoms with Crippen LogP contribution in [-0.2, 0) is 19.9 Å². The molecule has 1 N–H and O–H groups in total. The Morgan fingerprint density at radius 1 is 1.36 bits per heavy atom. The number of carbonyl (C=O) groups excluding carboxylic acids is 3. The summed E-state index contributed by atoms with van der Waals surface area (Å²) in [7, 11) is 0. The predicted octanol–water partition coefficient (Wildman–Crippen LogP) is -0.571. The molecule has 5 heteroatoms. The van der Waals surface area contributed by atoms with Crippen LogP contribution in [-0.4, -0.2) is 22.7 Å². The van der Waals surface area contributed by atoms with Crippen LogP contribution < -0.4 is 5.32 Å². The zero-order chi connectivity index (χ0) is 10.2. The molecular formula is C9H8N2O3. The molecule has 2 amide bonds. The van der Waals surface area contributed by atoms with E-state index in [0.29, 0.717) is 6.29 Å². The van der Waals surface area contributed by atoms with E-state index in [1.54, 1.807) is 24.5 Å². The second-order valence-corrected chi connectivity index (χ2v) is 3.19. The van der Waals surface area contributed by atoms with Crippen molar-refractivity contribution in [2.45, 2.75) is 12.0 Å². The van der Waals surface area contributed by atoms with E-state index in [2.05, 4.69) is 5.32 Å². The monoisotopic (exact) mass is 192 g/mol. The van der Waals surface area contributed by atoms with Crippen LogP contribution in [0, 0.1) is 0 Å². The van der Waals surface area contributed by atoms with Gasteiger partial charge >= 0.3 is 0 Å². The summed E-state index contributed by atoms with van der Waals surface area (Å²) in [5.41, 5.74) is -1.37. The first kappa shape index (κ1) is 8.68. The number of hydrogen-bond donors (Lipinski definition) is 1. The first-order chi connectivity index (χ1) is 6.69. The summed E-state index contributed by atoms with van der Waals surface area (Å²) in [6.45, 7) is 0. The standard InChI is InChI=1S/C9H8N2O3/c12-6-9(11-3-1-2-4-11)5-7(13)10-8(9)14/h1-4,6H,5H2,(H,10,13,14)/t9-/m0/s1. The van der Waals surface area contributed by atoms with Crippen molar-refractivity contribution >= 4 is 18.1 Å². The van der Waals surface area contributed by atoms with Gasteiger partial charge in [-0.15, -0.1) is 0 Å². The van der Waals surface area contributed by atoms with Gasteiger partial charge in [0.05, 0.1) is 6.42 Å². The molecule has 2 rings (SSSR count). The molecule has 1 atom stereocenters. The van der Waals surface area contributed by atoms with E-state index in [0.717, 1.165) is 0 Å². The molecule has 1 saturated heterocycles. The normalized spacial score (nSPS) is 26.3. The molecule has 1 aromatic heterocycles. The van der Waals surface area contributed by atoms with E-state index < -0.39 is 17.4 Å². The Kier molecular flexibility index (Phi) is 1.73. The zero-order valence-corrected chi connectivity index (χ0v) is 7.27. The summed E-state index contributed by atoms with van der Waals surface area (Å²) in [5, 5.41) is 2.12. The van der Waals surface area contributed by atoms with Crippen molar-refractivity contribution in [3.05, 3.63) is 24.5 Å². The molecule has 0 spiro atoms. The minimum Gasteiger partial charge on any atom is -0.333 e. The van der Waals surface area contributed by atoms with Crippen molar-refractivity contribution in [3.63, 3.8) is 0 Å². The summed E-state index contributed by atoms with van der Waals surface area (Å²) >= 11 is 0. The number of amides is 2. The van der Waals surface area contributed by atoms with Crippen LogP contribution in [0.3, 0.4) is 0 Å². The third kappa shape index (κ3) is 0.985. The molecule has 0 bridgehead atoms. The van der Waals surface area contributed by atoms with Gasteiger partial charge in [-0.3, -0.25) is 14.9 Å². The van der Waals surface area contributed by atoms with Crippen molar-refractivity contribution in [1.82, 2.24) is 9.88 Å². The molecule has 0 radical (unpaired) electrons. The molecule has 0 saturated carbocycles. The van der Waals surface area contributed by atoms with Gasteiger partial charge in [0.1, 0.15) is 0 Å². The molecule has 2 heterocycles. The van der Waals surface area contributed by atoms with Gasteiger partial charge in [-0.2, -0.15) is 0 Å². The van der Waals surface area contributed by atoms with Gasteiger partial charge in [-0.25, -0.2) is 0 Å². The summed E-state index contributed by atoms with van der Waals surface area (Å²) in [5.74, 6) is -0.982. The zero-order valence-electron chi connectivity index (χ0n) is 7.27. The lowest BCUT2D eigenvalue weighted by molar-refractivity contribution is -0.132. The topological polar surface area (TPSA) is 68.2 Å². The van der Waals surface area contributed by atoms with E-state index in [9.17, 15) is 14.4 Å². The maximum absolute atomic E-state index is 11.5. The number of imide groups is 1. The molecule has 1 aliphatic rings. The fourth-order valence-corrected chi connectivity index (χ4v) is 1.57. The molecule has 0 aliphatic carbocycles. The Morgan fingerprint density at radius 2 is 2.00 bits per heavy atom. The van der Waals surface area contributed by atoms with Crippen LogP contribution in [0.25, 0.3) is 0 Å². The van der Waals surface area contributed by atoms with Crippen LogP contribution in [0.4, 0.5) is 0 Å². The van der Waals surface area contributed by atoms with Crippen LogP contribution in [0.2, 0.25) is 0 Å². The number of nitrogens with zero attached hydrogens (tertiary/aromatic N) is 1. The molecule has 1 fully saturated rings. The SMILES string of the molecule is O=C[C@@]1(n2cccc2)CC(=O)NC1=O. The van der Waals surface area contributed by atoms with E-state index in [1.165, 1.54) is 4.57 Å². The molecule has 14 heavy (non-hydrogen) atoms. The van der Waals surface area contributed by atoms with Gasteiger partial charge in [0.25, 0.3) is 5.91 Å². The number of aromatic nitrogens is 1. The fourth-order valence-electron chi connectivity index (χ4n) is 1.57. The van der Waals surface area contributed by atoms with Crippen molar-refractivity contribution in [2.24, 2.45) is 0 Å². The second-order valence-electron chi connectivity index (χ2n) is 3.19. The molecule has 1 aliphatic heterocycles. The van der Waals surface area contributed by atoms with E-state index in [4.69, 9.17) is 0 Å². The Hall–Kier alpha value is -1.91. The van der Waals surface area contributed by atoms with E-state index in [1.807, 2.05) is 0 Å². The highest BCUT2D eigenvalue weighted by Gasteiger charge is 2.48. The summed E-state index contributed by atoms with van der Waals surface area (Å²) in [6, 6.07) is 3.39. The fraction of sp³-hybridized carbons (Fsp3) is 0.222. The number of carbonyl (C=O) groups is 3. The third-order valence-electron chi connectivity index (χ3n) is 2.34. The highest BCUT2D eigenvalue weighted by Crippen LogP contribution is 2.23. The number of hydrogen-bond acceptors (Lipinski definition) is 3. The maximum Gasteiger partial charge on any atom is 0.260 e. The predicted molar refractivity (Wildman–Crippen MR) is 46.2 cm³/mol. The Morgan fingerprint density at radius 3 is 2.43 bits per heavy atom. The highest BCUT2D eigenvalue weighted by molar-refractivity contribution is 6.14. The lowest BCUT2D eigenvalue weighted by Crippen LogP contribution is -2.42. The number of aldehydes is 1. The Balaban J connectivity index is 2.50. The highest BCUT2D eigenvalue weighted by atomic mass is 16.2. The average molecular weight is 192 g/mol. The minimum absolute atomic E-state index is 0.121. The van der Waals surface area contributed by atoms with Gasteiger partial charge in [-0.1, -0.05) is 0 Å². The van der Waals surface area contributed by atoms with Crippen LogP contribution in [0.1, 0.15) is 6.42 Å². The number of nitrogens with one attached hydrogen (secondary N) is 1. The molecule has 0 aromatic carbocycles. The lowest BCUT2D eigenvalue weighted by Gasteiger charge is -2.19. The largest absolute Gasteiger partial charge is 0.333 e. The first-order valence-corrected chi connectivity index (χ1v) is 4.13. The summed E-state index contributed by atoms with van der Waals surface area (Å²) in [4.78, 5) is 33.4. The van der Waals surface area contributed by atoms with Crippen molar-refractivity contribution < 1.29 is 14.4 Å². The van der Waals surface area contributed by atoms with Gasteiger partial charge in [0, 0.05) is 12.4 Å². The first-order valence-electron chi connectivity index (χ1n) is 4.13. The minimum atomic E-state index is -1.37. The van der Waals surface area contributed by atoms with Crippen molar-refractivity contribution in [1.29, 1.82) is 0 Å². The Labute approximate surface area is 79.7 Å². The third-order valence-corrected chi connectivity index (χ3v) is 2.34. The van der Waals surface area contributed by atoms with E-state index >= 15 is 0 Å². The lowest BCUT2D eigenvalue weighted by atomic mass is 9.99. The molecule has 1 aromatic rings. The van der Waals surface area contributed by atoms with E-state index in [-0.39, 0.29) is 6.42 Å². The summed E-state index contributed by atoms with van der Waals surface area (Å²) < 4.78 is 1.44.